The maximum absolute atomic E-state index is 12.9. The van der Waals surface area contributed by atoms with Gasteiger partial charge < -0.3 is 19.4 Å². The molecule has 2 aromatic heterocycles. The number of anilines is 1. The van der Waals surface area contributed by atoms with Crippen LogP contribution in [0.15, 0.2) is 59.1 Å². The summed E-state index contributed by atoms with van der Waals surface area (Å²) in [5, 5.41) is 14.4. The summed E-state index contributed by atoms with van der Waals surface area (Å²) in [7, 11) is 1.33. The van der Waals surface area contributed by atoms with Gasteiger partial charge in [0.05, 0.1) is 12.9 Å². The Morgan fingerprint density at radius 3 is 2.44 bits per heavy atom. The largest absolute Gasteiger partial charge is 0.486 e. The smallest absolute Gasteiger partial charge is 0.341 e. The van der Waals surface area contributed by atoms with E-state index in [0.29, 0.717) is 34.0 Å². The molecule has 2 heterocycles. The first-order chi connectivity index (χ1) is 18.8. The minimum absolute atomic E-state index is 0.105. The summed E-state index contributed by atoms with van der Waals surface area (Å²) in [5.74, 6) is 1.26. The number of aryl methyl sites for hydroxylation is 1. The van der Waals surface area contributed by atoms with Crippen LogP contribution in [0.5, 0.6) is 5.75 Å². The summed E-state index contributed by atoms with van der Waals surface area (Å²) in [5.41, 5.74) is 4.33. The molecule has 0 radical (unpaired) electrons. The van der Waals surface area contributed by atoms with Crippen molar-refractivity contribution in [2.24, 2.45) is 0 Å². The van der Waals surface area contributed by atoms with Crippen LogP contribution in [-0.4, -0.2) is 39.5 Å². The monoisotopic (exact) mass is 564 g/mol. The fourth-order valence-electron chi connectivity index (χ4n) is 3.94. The molecule has 0 aliphatic heterocycles. The number of benzene rings is 2. The van der Waals surface area contributed by atoms with Crippen molar-refractivity contribution in [1.82, 2.24) is 14.8 Å². The molecule has 2 aromatic carbocycles. The summed E-state index contributed by atoms with van der Waals surface area (Å²) in [6.07, 6.45) is 0. The van der Waals surface area contributed by atoms with Crippen LogP contribution in [0.3, 0.4) is 0 Å². The van der Waals surface area contributed by atoms with Gasteiger partial charge in [-0.2, -0.15) is 0 Å². The Balaban J connectivity index is 1.40. The average molecular weight is 565 g/mol. The summed E-state index contributed by atoms with van der Waals surface area (Å²) in [6, 6.07) is 15.9. The molecule has 8 nitrogen and oxygen atoms in total. The zero-order valence-corrected chi connectivity index (χ0v) is 24.3. The summed E-state index contributed by atoms with van der Waals surface area (Å²) in [6.45, 7) is 9.21. The number of thiophene rings is 1. The first kappa shape index (κ1) is 28.4. The number of hydrogen-bond donors (Lipinski definition) is 1. The molecule has 0 saturated carbocycles. The fourth-order valence-corrected chi connectivity index (χ4v) is 5.73. The molecule has 0 unspecified atom stereocenters. The zero-order chi connectivity index (χ0) is 27.9. The van der Waals surface area contributed by atoms with Crippen LogP contribution in [0.2, 0.25) is 0 Å². The number of amides is 1. The van der Waals surface area contributed by atoms with Crippen molar-refractivity contribution in [3.63, 3.8) is 0 Å². The molecule has 10 heteroatoms. The van der Waals surface area contributed by atoms with Gasteiger partial charge in [0.2, 0.25) is 5.91 Å². The van der Waals surface area contributed by atoms with Crippen molar-refractivity contribution >= 4 is 40.0 Å². The lowest BCUT2D eigenvalue weighted by Gasteiger charge is -2.10. The van der Waals surface area contributed by atoms with Crippen LogP contribution >= 0.6 is 23.1 Å². The van der Waals surface area contributed by atoms with E-state index in [1.54, 1.807) is 0 Å². The quantitative estimate of drug-likeness (QED) is 0.163. The van der Waals surface area contributed by atoms with E-state index in [2.05, 4.69) is 41.5 Å². The Bertz CT molecular complexity index is 1430. The number of aromatic nitrogens is 3. The van der Waals surface area contributed by atoms with E-state index in [1.165, 1.54) is 35.8 Å². The second kappa shape index (κ2) is 12.9. The van der Waals surface area contributed by atoms with Gasteiger partial charge in [-0.25, -0.2) is 4.79 Å². The first-order valence-corrected chi connectivity index (χ1v) is 14.5. The van der Waals surface area contributed by atoms with Crippen molar-refractivity contribution in [2.75, 3.05) is 18.2 Å². The predicted molar refractivity (Wildman–Crippen MR) is 156 cm³/mol. The lowest BCUT2D eigenvalue weighted by molar-refractivity contribution is -0.113. The fraction of sp³-hybridized carbons (Fsp3) is 0.310. The van der Waals surface area contributed by atoms with Gasteiger partial charge >= 0.3 is 5.97 Å². The number of carbonyl (C=O) groups is 2. The third-order valence-corrected chi connectivity index (χ3v) is 8.02. The van der Waals surface area contributed by atoms with Crippen molar-refractivity contribution in [2.45, 2.75) is 51.9 Å². The predicted octanol–water partition coefficient (Wildman–Crippen LogP) is 6.55. The van der Waals surface area contributed by atoms with Gasteiger partial charge in [0, 0.05) is 17.5 Å². The summed E-state index contributed by atoms with van der Waals surface area (Å²) in [4.78, 5) is 25.5. The number of hydrogen-bond acceptors (Lipinski definition) is 8. The topological polar surface area (TPSA) is 95.3 Å². The van der Waals surface area contributed by atoms with E-state index in [1.807, 2.05) is 60.2 Å². The van der Waals surface area contributed by atoms with Gasteiger partial charge in [0.15, 0.2) is 11.0 Å². The maximum atomic E-state index is 12.9. The number of nitrogens with zero attached hydrogens (tertiary/aromatic N) is 3. The van der Waals surface area contributed by atoms with Crippen LogP contribution in [0, 0.1) is 6.92 Å². The Kier molecular flexibility index (Phi) is 9.42. The number of carbonyl (C=O) groups excluding carboxylic acids is 2. The van der Waals surface area contributed by atoms with Gasteiger partial charge in [-0.15, -0.1) is 21.5 Å². The Morgan fingerprint density at radius 1 is 1.08 bits per heavy atom. The molecule has 0 aliphatic carbocycles. The van der Waals surface area contributed by atoms with Gasteiger partial charge in [-0.3, -0.25) is 4.79 Å². The van der Waals surface area contributed by atoms with Gasteiger partial charge in [0.1, 0.15) is 22.9 Å². The van der Waals surface area contributed by atoms with Crippen molar-refractivity contribution in [1.29, 1.82) is 0 Å². The Hall–Kier alpha value is -3.63. The van der Waals surface area contributed by atoms with E-state index in [9.17, 15) is 9.59 Å². The minimum atomic E-state index is -0.496. The SMILES string of the molecule is CCn1c(COc2ccc(C(C)C)cc2)nnc1SCC(=O)Nc1scc(-c2ccc(C)cc2)c1C(=O)OC. The summed E-state index contributed by atoms with van der Waals surface area (Å²) >= 11 is 2.58. The van der Waals surface area contributed by atoms with E-state index in [4.69, 9.17) is 9.47 Å². The lowest BCUT2D eigenvalue weighted by Crippen LogP contribution is -2.16. The van der Waals surface area contributed by atoms with Crippen molar-refractivity contribution in [3.8, 4) is 16.9 Å². The molecule has 0 spiro atoms. The van der Waals surface area contributed by atoms with Crippen LogP contribution in [-0.2, 0) is 22.7 Å². The van der Waals surface area contributed by atoms with E-state index >= 15 is 0 Å². The molecule has 39 heavy (non-hydrogen) atoms. The highest BCUT2D eigenvalue weighted by Crippen LogP contribution is 2.36. The number of ether oxygens (including phenoxy) is 2. The normalized spacial score (nSPS) is 11.0. The Labute approximate surface area is 236 Å². The number of rotatable bonds is 11. The number of esters is 1. The van der Waals surface area contributed by atoms with Crippen molar-refractivity contribution in [3.05, 3.63) is 76.4 Å². The lowest BCUT2D eigenvalue weighted by atomic mass is 10.0. The highest BCUT2D eigenvalue weighted by molar-refractivity contribution is 7.99. The molecule has 1 N–H and O–H groups in total. The minimum Gasteiger partial charge on any atom is -0.486 e. The standard InChI is InChI=1S/C29H32N4O4S2/c1-6-33-24(15-37-22-13-11-20(12-14-22)18(2)3)31-32-29(33)39-17-25(34)30-27-26(28(35)36-5)23(16-38-27)21-9-7-19(4)8-10-21/h7-14,16,18H,6,15,17H2,1-5H3,(H,30,34). The molecule has 0 saturated heterocycles. The maximum Gasteiger partial charge on any atom is 0.341 e. The molecular weight excluding hydrogens is 532 g/mol. The third kappa shape index (κ3) is 6.88. The van der Waals surface area contributed by atoms with E-state index < -0.39 is 5.97 Å². The molecule has 4 rings (SSSR count). The van der Waals surface area contributed by atoms with Crippen LogP contribution < -0.4 is 10.1 Å². The van der Waals surface area contributed by atoms with E-state index in [0.717, 1.165) is 22.4 Å². The summed E-state index contributed by atoms with van der Waals surface area (Å²) < 4.78 is 12.9. The van der Waals surface area contributed by atoms with Crippen LogP contribution in [0.1, 0.15) is 54.0 Å². The molecule has 0 aliphatic rings. The average Bonchev–Trinajstić information content (AvgIpc) is 3.54. The number of methoxy groups -OCH3 is 1. The molecule has 0 bridgehead atoms. The van der Waals surface area contributed by atoms with Gasteiger partial charge in [-0.05, 0) is 43.0 Å². The molecule has 1 amide bonds. The van der Waals surface area contributed by atoms with Gasteiger partial charge in [-0.1, -0.05) is 67.6 Å². The number of thioether (sulfide) groups is 1. The van der Waals surface area contributed by atoms with E-state index in [-0.39, 0.29) is 18.3 Å². The second-order valence-electron chi connectivity index (χ2n) is 9.20. The molecule has 4 aromatic rings. The van der Waals surface area contributed by atoms with Crippen LogP contribution in [0.25, 0.3) is 11.1 Å². The highest BCUT2D eigenvalue weighted by atomic mass is 32.2. The molecule has 0 atom stereocenters. The zero-order valence-electron chi connectivity index (χ0n) is 22.7. The third-order valence-electron chi connectivity index (χ3n) is 6.15. The Morgan fingerprint density at radius 2 is 1.79 bits per heavy atom. The molecular formula is C29H32N4O4S2. The van der Waals surface area contributed by atoms with Crippen molar-refractivity contribution < 1.29 is 19.1 Å². The first-order valence-electron chi connectivity index (χ1n) is 12.6. The second-order valence-corrected chi connectivity index (χ2v) is 11.0. The molecule has 204 valence electrons. The highest BCUT2D eigenvalue weighted by Gasteiger charge is 2.23. The van der Waals surface area contributed by atoms with Gasteiger partial charge in [0.25, 0.3) is 0 Å². The van der Waals surface area contributed by atoms with Crippen LogP contribution in [0.4, 0.5) is 5.00 Å². The number of nitrogens with one attached hydrogen (secondary N) is 1. The molecule has 0 fully saturated rings.